The van der Waals surface area contributed by atoms with Crippen molar-refractivity contribution in [1.29, 1.82) is 0 Å². The molecule has 0 aliphatic carbocycles. The van der Waals surface area contributed by atoms with E-state index in [9.17, 15) is 4.57 Å². The van der Waals surface area contributed by atoms with Crippen LogP contribution in [0.3, 0.4) is 0 Å². The van der Waals surface area contributed by atoms with Gasteiger partial charge in [0.15, 0.2) is 7.14 Å². The molecular weight excluding hydrogens is 255 g/mol. The first-order chi connectivity index (χ1) is 9.22. The van der Waals surface area contributed by atoms with Gasteiger partial charge >= 0.3 is 0 Å². The minimum absolute atomic E-state index is 0.660. The van der Waals surface area contributed by atoms with Crippen molar-refractivity contribution in [1.82, 2.24) is 0 Å². The molecule has 2 rings (SSSR count). The molecule has 0 saturated heterocycles. The molecule has 0 aromatic heterocycles. The van der Waals surface area contributed by atoms with E-state index in [-0.39, 0.29) is 0 Å². The van der Waals surface area contributed by atoms with Gasteiger partial charge in [0.05, 0.1) is 12.4 Å². The number of rotatable bonds is 4. The molecular formula is C16H17O2P. The Labute approximate surface area is 114 Å². The maximum Gasteiger partial charge on any atom is 0.167 e. The van der Waals surface area contributed by atoms with Crippen LogP contribution in [0.2, 0.25) is 0 Å². The highest BCUT2D eigenvalue weighted by molar-refractivity contribution is 7.81. The Morgan fingerprint density at radius 3 is 2.26 bits per heavy atom. The number of ether oxygens (including phenoxy) is 1. The van der Waals surface area contributed by atoms with Crippen LogP contribution in [0, 0.1) is 0 Å². The van der Waals surface area contributed by atoms with Gasteiger partial charge in [-0.1, -0.05) is 48.5 Å². The average Bonchev–Trinajstić information content (AvgIpc) is 2.48. The second-order valence-electron chi connectivity index (χ2n) is 4.15. The number of hydrogen-bond acceptors (Lipinski definition) is 2. The van der Waals surface area contributed by atoms with Gasteiger partial charge in [0, 0.05) is 5.30 Å². The predicted octanol–water partition coefficient (Wildman–Crippen LogP) is 3.54. The van der Waals surface area contributed by atoms with Crippen molar-refractivity contribution in [3.63, 3.8) is 0 Å². The zero-order chi connectivity index (χ0) is 13.7. The van der Waals surface area contributed by atoms with Crippen LogP contribution in [0.25, 0.3) is 0 Å². The van der Waals surface area contributed by atoms with E-state index in [1.165, 1.54) is 0 Å². The Balaban J connectivity index is 2.67. The smallest absolute Gasteiger partial charge is 0.167 e. The van der Waals surface area contributed by atoms with Crippen LogP contribution in [0.5, 0.6) is 5.75 Å². The summed E-state index contributed by atoms with van der Waals surface area (Å²) in [4.78, 5) is 0. The number of allylic oxidation sites excluding steroid dienone is 1. The van der Waals surface area contributed by atoms with Crippen molar-refractivity contribution >= 4 is 17.8 Å². The number of methoxy groups -OCH3 is 1. The first-order valence-corrected chi connectivity index (χ1v) is 7.93. The molecule has 2 aromatic carbocycles. The van der Waals surface area contributed by atoms with Crippen molar-refractivity contribution in [2.24, 2.45) is 0 Å². The second kappa shape index (κ2) is 5.90. The van der Waals surface area contributed by atoms with Crippen LogP contribution in [0.4, 0.5) is 0 Å². The van der Waals surface area contributed by atoms with E-state index in [0.29, 0.717) is 5.75 Å². The predicted molar refractivity (Wildman–Crippen MR) is 81.1 cm³/mol. The monoisotopic (exact) mass is 272 g/mol. The molecule has 0 heterocycles. The topological polar surface area (TPSA) is 26.3 Å². The molecule has 0 bridgehead atoms. The van der Waals surface area contributed by atoms with Gasteiger partial charge in [-0.2, -0.15) is 0 Å². The Kier molecular flexibility index (Phi) is 4.24. The van der Waals surface area contributed by atoms with Gasteiger partial charge in [-0.25, -0.2) is 0 Å². The molecule has 0 fully saturated rings. The Morgan fingerprint density at radius 1 is 1.00 bits per heavy atom. The molecule has 0 N–H and O–H groups in total. The maximum atomic E-state index is 13.4. The van der Waals surface area contributed by atoms with E-state index in [0.717, 1.165) is 10.6 Å². The van der Waals surface area contributed by atoms with Crippen LogP contribution in [0.15, 0.2) is 66.5 Å². The standard InChI is InChI=1S/C16H17O2P/c1-3-13-19(17,14-9-5-4-6-10-14)16-12-8-7-11-15(16)18-2/h3-13H,1-2H3/b13-3+/t19-/m1/s1. The second-order valence-corrected chi connectivity index (χ2v) is 6.76. The van der Waals surface area contributed by atoms with E-state index in [2.05, 4.69) is 0 Å². The highest BCUT2D eigenvalue weighted by atomic mass is 31.2. The molecule has 2 nitrogen and oxygen atoms in total. The van der Waals surface area contributed by atoms with Gasteiger partial charge in [0.25, 0.3) is 0 Å². The summed E-state index contributed by atoms with van der Waals surface area (Å²) in [5, 5.41) is 1.56. The van der Waals surface area contributed by atoms with Crippen LogP contribution in [-0.2, 0) is 4.57 Å². The van der Waals surface area contributed by atoms with Crippen molar-refractivity contribution in [2.45, 2.75) is 6.92 Å². The lowest BCUT2D eigenvalue weighted by atomic mass is 10.3. The lowest BCUT2D eigenvalue weighted by molar-refractivity contribution is 0.418. The minimum Gasteiger partial charge on any atom is -0.496 e. The molecule has 98 valence electrons. The summed E-state index contributed by atoms with van der Waals surface area (Å²) in [5.41, 5.74) is 0. The third-order valence-electron chi connectivity index (χ3n) is 2.94. The van der Waals surface area contributed by atoms with Gasteiger partial charge in [0.2, 0.25) is 0 Å². The summed E-state index contributed by atoms with van der Waals surface area (Å²) >= 11 is 0. The van der Waals surface area contributed by atoms with Crippen LogP contribution in [0.1, 0.15) is 6.92 Å². The molecule has 19 heavy (non-hydrogen) atoms. The molecule has 0 radical (unpaired) electrons. The summed E-state index contributed by atoms with van der Waals surface area (Å²) in [6.45, 7) is 1.88. The van der Waals surface area contributed by atoms with E-state index in [4.69, 9.17) is 4.74 Å². The molecule has 0 saturated carbocycles. The summed E-state index contributed by atoms with van der Waals surface area (Å²) in [7, 11) is -1.18. The quantitative estimate of drug-likeness (QED) is 0.796. The zero-order valence-corrected chi connectivity index (χ0v) is 12.0. The molecule has 1 atom stereocenters. The van der Waals surface area contributed by atoms with Crippen LogP contribution < -0.4 is 15.3 Å². The molecule has 0 aliphatic rings. The zero-order valence-electron chi connectivity index (χ0n) is 11.1. The number of para-hydroxylation sites is 1. The highest BCUT2D eigenvalue weighted by Gasteiger charge is 2.26. The Bertz CT molecular complexity index is 618. The SMILES string of the molecule is C/C=C/[P@@](=O)(c1ccccc1)c1ccccc1OC. The van der Waals surface area contributed by atoms with Gasteiger partial charge in [-0.05, 0) is 24.9 Å². The normalized spacial score (nSPS) is 14.2. The molecule has 0 amide bonds. The van der Waals surface area contributed by atoms with Gasteiger partial charge < -0.3 is 9.30 Å². The third-order valence-corrected chi connectivity index (χ3v) is 5.81. The Morgan fingerprint density at radius 2 is 1.63 bits per heavy atom. The third kappa shape index (κ3) is 2.64. The molecule has 0 spiro atoms. The van der Waals surface area contributed by atoms with Crippen LogP contribution >= 0.6 is 7.14 Å². The Hall–Kier alpha value is -1.79. The highest BCUT2D eigenvalue weighted by Crippen LogP contribution is 2.47. The molecule has 3 heteroatoms. The fraction of sp³-hybridized carbons (Fsp3) is 0.125. The first-order valence-electron chi connectivity index (χ1n) is 6.15. The molecule has 2 aromatic rings. The summed E-state index contributed by atoms with van der Waals surface area (Å²) in [6.07, 6.45) is 1.83. The van der Waals surface area contributed by atoms with Crippen molar-refractivity contribution in [2.75, 3.05) is 7.11 Å². The van der Waals surface area contributed by atoms with E-state index in [1.807, 2.05) is 67.6 Å². The lowest BCUT2D eigenvalue weighted by Gasteiger charge is -2.18. The number of benzene rings is 2. The van der Waals surface area contributed by atoms with Crippen molar-refractivity contribution < 1.29 is 9.30 Å². The average molecular weight is 272 g/mol. The number of hydrogen-bond donors (Lipinski definition) is 0. The minimum atomic E-state index is -2.78. The summed E-state index contributed by atoms with van der Waals surface area (Å²) < 4.78 is 18.8. The molecule has 0 unspecified atom stereocenters. The van der Waals surface area contributed by atoms with E-state index >= 15 is 0 Å². The molecule has 0 aliphatic heterocycles. The lowest BCUT2D eigenvalue weighted by Crippen LogP contribution is -2.16. The van der Waals surface area contributed by atoms with Crippen LogP contribution in [-0.4, -0.2) is 7.11 Å². The van der Waals surface area contributed by atoms with Crippen molar-refractivity contribution in [3.8, 4) is 5.75 Å². The summed E-state index contributed by atoms with van der Waals surface area (Å²) in [6, 6.07) is 17.0. The fourth-order valence-corrected chi connectivity index (χ4v) is 4.52. The van der Waals surface area contributed by atoms with Gasteiger partial charge in [-0.15, -0.1) is 0 Å². The largest absolute Gasteiger partial charge is 0.496 e. The summed E-state index contributed by atoms with van der Waals surface area (Å²) in [5.74, 6) is 2.44. The van der Waals surface area contributed by atoms with Gasteiger partial charge in [0.1, 0.15) is 5.75 Å². The van der Waals surface area contributed by atoms with E-state index in [1.54, 1.807) is 12.9 Å². The van der Waals surface area contributed by atoms with E-state index < -0.39 is 7.14 Å². The fourth-order valence-electron chi connectivity index (χ4n) is 2.07. The van der Waals surface area contributed by atoms with Gasteiger partial charge in [-0.3, -0.25) is 0 Å². The first kappa shape index (κ1) is 13.6. The van der Waals surface area contributed by atoms with Crippen molar-refractivity contribution in [3.05, 3.63) is 66.5 Å². The maximum absolute atomic E-state index is 13.4.